The van der Waals surface area contributed by atoms with Gasteiger partial charge in [0.25, 0.3) is 0 Å². The van der Waals surface area contributed by atoms with Crippen LogP contribution in [0.3, 0.4) is 0 Å². The molecule has 2 nitrogen and oxygen atoms in total. The number of carbonyl (C=O) groups is 1. The Morgan fingerprint density at radius 2 is 1.90 bits per heavy atom. The Bertz CT molecular complexity index is 1170. The highest BCUT2D eigenvalue weighted by Crippen LogP contribution is 2.58. The minimum absolute atomic E-state index is 0.154. The molecule has 0 bridgehead atoms. The summed E-state index contributed by atoms with van der Waals surface area (Å²) in [5.41, 5.74) is 6.17. The van der Waals surface area contributed by atoms with Crippen molar-refractivity contribution >= 4 is 38.7 Å². The summed E-state index contributed by atoms with van der Waals surface area (Å²) in [6.45, 7) is 3.20. The lowest BCUT2D eigenvalue weighted by molar-refractivity contribution is -0.105. The summed E-state index contributed by atoms with van der Waals surface area (Å²) < 4.78 is 1.10. The monoisotopic (exact) mass is 473 g/mol. The van der Waals surface area contributed by atoms with Crippen LogP contribution in [0, 0.1) is 0 Å². The zero-order valence-corrected chi connectivity index (χ0v) is 19.6. The molecular weight excluding hydrogens is 446 g/mol. The zero-order valence-electron chi connectivity index (χ0n) is 18.0. The SMILES string of the molecule is CCCCN1C2=C(C=O)CCCC2(Cc2ccccc2)c2c1ccc1ccc(Br)cc21. The molecule has 3 aromatic rings. The number of unbranched alkanes of at least 4 members (excludes halogenated alkanes) is 1. The number of benzene rings is 3. The van der Waals surface area contributed by atoms with Gasteiger partial charge in [0.2, 0.25) is 0 Å². The van der Waals surface area contributed by atoms with Crippen LogP contribution in [-0.2, 0) is 16.6 Å². The molecular formula is C28H28BrNO. The van der Waals surface area contributed by atoms with E-state index in [0.29, 0.717) is 0 Å². The van der Waals surface area contributed by atoms with Crippen molar-refractivity contribution in [2.45, 2.75) is 50.9 Å². The van der Waals surface area contributed by atoms with Crippen molar-refractivity contribution in [3.8, 4) is 0 Å². The lowest BCUT2D eigenvalue weighted by atomic mass is 9.66. The summed E-state index contributed by atoms with van der Waals surface area (Å²) in [6.07, 6.45) is 7.34. The van der Waals surface area contributed by atoms with Crippen molar-refractivity contribution < 1.29 is 4.79 Å². The third-order valence-corrected chi connectivity index (χ3v) is 7.53. The van der Waals surface area contributed by atoms with Gasteiger partial charge in [0, 0.05) is 33.4 Å². The highest BCUT2D eigenvalue weighted by molar-refractivity contribution is 9.10. The average Bonchev–Trinajstić information content (AvgIpc) is 3.08. The van der Waals surface area contributed by atoms with Gasteiger partial charge < -0.3 is 4.90 Å². The highest BCUT2D eigenvalue weighted by Gasteiger charge is 2.50. The number of carbonyl (C=O) groups excluding carboxylic acids is 1. The first-order valence-electron chi connectivity index (χ1n) is 11.4. The molecule has 1 aliphatic heterocycles. The number of aldehydes is 1. The molecule has 3 aromatic carbocycles. The summed E-state index contributed by atoms with van der Waals surface area (Å²) in [6, 6.07) is 21.9. The maximum Gasteiger partial charge on any atom is 0.147 e. The third kappa shape index (κ3) is 3.34. The van der Waals surface area contributed by atoms with Gasteiger partial charge in [-0.15, -0.1) is 0 Å². The lowest BCUT2D eigenvalue weighted by Crippen LogP contribution is -2.37. The molecule has 1 unspecified atom stereocenters. The van der Waals surface area contributed by atoms with Gasteiger partial charge in [0.15, 0.2) is 0 Å². The summed E-state index contributed by atoms with van der Waals surface area (Å²) in [5.74, 6) is 0. The second kappa shape index (κ2) is 8.27. The Morgan fingerprint density at radius 1 is 1.10 bits per heavy atom. The molecule has 0 N–H and O–H groups in total. The van der Waals surface area contributed by atoms with E-state index < -0.39 is 0 Å². The maximum atomic E-state index is 12.3. The van der Waals surface area contributed by atoms with Gasteiger partial charge in [-0.1, -0.05) is 71.7 Å². The quantitative estimate of drug-likeness (QED) is 0.349. The van der Waals surface area contributed by atoms with E-state index in [9.17, 15) is 4.79 Å². The van der Waals surface area contributed by atoms with Crippen LogP contribution in [0.4, 0.5) is 5.69 Å². The molecule has 31 heavy (non-hydrogen) atoms. The van der Waals surface area contributed by atoms with Crippen LogP contribution in [-0.4, -0.2) is 12.8 Å². The van der Waals surface area contributed by atoms with E-state index in [-0.39, 0.29) is 5.41 Å². The van der Waals surface area contributed by atoms with Crippen LogP contribution in [0.1, 0.15) is 50.2 Å². The van der Waals surface area contributed by atoms with E-state index in [4.69, 9.17) is 0 Å². The molecule has 1 aliphatic carbocycles. The third-order valence-electron chi connectivity index (χ3n) is 7.03. The predicted octanol–water partition coefficient (Wildman–Crippen LogP) is 7.34. The number of hydrogen-bond acceptors (Lipinski definition) is 2. The lowest BCUT2D eigenvalue weighted by Gasteiger charge is -2.39. The van der Waals surface area contributed by atoms with Crippen LogP contribution in [0.25, 0.3) is 10.8 Å². The number of hydrogen-bond donors (Lipinski definition) is 0. The van der Waals surface area contributed by atoms with Crippen LogP contribution in [0.5, 0.6) is 0 Å². The van der Waals surface area contributed by atoms with E-state index in [1.165, 1.54) is 33.3 Å². The Morgan fingerprint density at radius 3 is 2.68 bits per heavy atom. The summed E-state index contributed by atoms with van der Waals surface area (Å²) in [5, 5.41) is 2.58. The largest absolute Gasteiger partial charge is 0.344 e. The fourth-order valence-corrected chi connectivity index (χ4v) is 6.16. The summed E-state index contributed by atoms with van der Waals surface area (Å²) >= 11 is 3.71. The molecule has 3 heteroatoms. The number of fused-ring (bicyclic) bond motifs is 5. The molecule has 0 saturated carbocycles. The van der Waals surface area contributed by atoms with Crippen molar-refractivity contribution in [2.75, 3.05) is 11.4 Å². The van der Waals surface area contributed by atoms with E-state index in [2.05, 4.69) is 88.4 Å². The fourth-order valence-electron chi connectivity index (χ4n) is 5.80. The summed E-state index contributed by atoms with van der Waals surface area (Å²) in [4.78, 5) is 14.8. The van der Waals surface area contributed by atoms with E-state index >= 15 is 0 Å². The first-order valence-corrected chi connectivity index (χ1v) is 12.2. The molecule has 0 spiro atoms. The minimum atomic E-state index is -0.154. The van der Waals surface area contributed by atoms with Crippen molar-refractivity contribution in [1.82, 2.24) is 0 Å². The van der Waals surface area contributed by atoms with Gasteiger partial charge in [-0.3, -0.25) is 4.79 Å². The van der Waals surface area contributed by atoms with Crippen molar-refractivity contribution in [2.24, 2.45) is 0 Å². The van der Waals surface area contributed by atoms with Crippen LogP contribution >= 0.6 is 15.9 Å². The Labute approximate surface area is 193 Å². The molecule has 0 amide bonds. The van der Waals surface area contributed by atoms with E-state index in [1.807, 2.05) is 0 Å². The average molecular weight is 474 g/mol. The molecule has 0 saturated heterocycles. The first-order chi connectivity index (χ1) is 15.2. The molecule has 0 aromatic heterocycles. The molecule has 158 valence electrons. The van der Waals surface area contributed by atoms with Gasteiger partial charge in [0.05, 0.1) is 0 Å². The molecule has 1 heterocycles. The number of nitrogens with zero attached hydrogens (tertiary/aromatic N) is 1. The fraction of sp³-hybridized carbons (Fsp3) is 0.321. The van der Waals surface area contributed by atoms with Gasteiger partial charge >= 0.3 is 0 Å². The second-order valence-electron chi connectivity index (χ2n) is 8.92. The summed E-state index contributed by atoms with van der Waals surface area (Å²) in [7, 11) is 0. The van der Waals surface area contributed by atoms with Gasteiger partial charge in [-0.25, -0.2) is 0 Å². The van der Waals surface area contributed by atoms with Crippen molar-refractivity contribution in [3.05, 3.63) is 87.5 Å². The molecule has 2 aliphatic rings. The number of rotatable bonds is 6. The number of anilines is 1. The molecule has 0 radical (unpaired) electrons. The van der Waals surface area contributed by atoms with Crippen LogP contribution < -0.4 is 4.90 Å². The van der Waals surface area contributed by atoms with Crippen molar-refractivity contribution in [1.29, 1.82) is 0 Å². The Balaban J connectivity index is 1.83. The van der Waals surface area contributed by atoms with Crippen LogP contribution in [0.2, 0.25) is 0 Å². The van der Waals surface area contributed by atoms with Crippen LogP contribution in [0.15, 0.2) is 76.4 Å². The zero-order chi connectivity index (χ0) is 21.4. The van der Waals surface area contributed by atoms with Crippen molar-refractivity contribution in [3.63, 3.8) is 0 Å². The van der Waals surface area contributed by atoms with E-state index in [1.54, 1.807) is 0 Å². The Hall–Kier alpha value is -2.39. The van der Waals surface area contributed by atoms with E-state index in [0.717, 1.165) is 61.4 Å². The minimum Gasteiger partial charge on any atom is -0.344 e. The highest BCUT2D eigenvalue weighted by atomic mass is 79.9. The molecule has 0 fully saturated rings. The normalized spacial score (nSPS) is 20.1. The standard InChI is InChI=1S/C28H28BrNO/c1-2-3-16-30-25-14-12-21-11-13-23(29)17-24(21)26(25)28(18-20-8-5-4-6-9-20)15-7-10-22(19-31)27(28)30/h4-6,8-9,11-14,17,19H,2-3,7,10,15-16,18H2,1H3. The smallest absolute Gasteiger partial charge is 0.147 e. The van der Waals surface area contributed by atoms with Gasteiger partial charge in [-0.2, -0.15) is 0 Å². The topological polar surface area (TPSA) is 20.3 Å². The first kappa shape index (κ1) is 20.5. The Kier molecular flexibility index (Phi) is 5.47. The molecule has 1 atom stereocenters. The van der Waals surface area contributed by atoms with Gasteiger partial charge in [-0.05, 0) is 72.2 Å². The number of halogens is 1. The predicted molar refractivity (Wildman–Crippen MR) is 133 cm³/mol. The van der Waals surface area contributed by atoms with Gasteiger partial charge in [0.1, 0.15) is 6.29 Å². The maximum absolute atomic E-state index is 12.3. The second-order valence-corrected chi connectivity index (χ2v) is 9.84. The molecule has 5 rings (SSSR count). The number of allylic oxidation sites excluding steroid dienone is 2.